The number of carboxylic acids is 1. The molecule has 2 aromatic carbocycles. The van der Waals surface area contributed by atoms with Crippen molar-refractivity contribution in [1.29, 1.82) is 0 Å². The van der Waals surface area contributed by atoms with Gasteiger partial charge in [0.2, 0.25) is 0 Å². The lowest BCUT2D eigenvalue weighted by molar-refractivity contribution is -0.118. The predicted molar refractivity (Wildman–Crippen MR) is 83.4 cm³/mol. The van der Waals surface area contributed by atoms with Crippen LogP contribution in [0.25, 0.3) is 0 Å². The van der Waals surface area contributed by atoms with Crippen molar-refractivity contribution in [1.82, 2.24) is 0 Å². The average Bonchev–Trinajstić information content (AvgIpc) is 2.47. The van der Waals surface area contributed by atoms with Gasteiger partial charge in [0.05, 0.1) is 5.56 Å². The van der Waals surface area contributed by atoms with E-state index in [2.05, 4.69) is 5.32 Å². The molecule has 0 heterocycles. The maximum Gasteiger partial charge on any atom is 0.335 e. The molecular formula is C17H17NO4. The van der Waals surface area contributed by atoms with Gasteiger partial charge in [-0.15, -0.1) is 0 Å². The topological polar surface area (TPSA) is 75.6 Å². The van der Waals surface area contributed by atoms with E-state index < -0.39 is 5.97 Å². The summed E-state index contributed by atoms with van der Waals surface area (Å²) < 4.78 is 5.42. The van der Waals surface area contributed by atoms with Gasteiger partial charge in [0, 0.05) is 5.69 Å². The fourth-order valence-corrected chi connectivity index (χ4v) is 1.98. The van der Waals surface area contributed by atoms with Crippen LogP contribution in [0.15, 0.2) is 42.5 Å². The lowest BCUT2D eigenvalue weighted by Gasteiger charge is -2.10. The van der Waals surface area contributed by atoms with Crippen LogP contribution in [-0.2, 0) is 4.79 Å². The zero-order chi connectivity index (χ0) is 16.1. The third kappa shape index (κ3) is 4.09. The van der Waals surface area contributed by atoms with E-state index >= 15 is 0 Å². The minimum Gasteiger partial charge on any atom is -0.484 e. The molecule has 1 amide bonds. The van der Waals surface area contributed by atoms with Crippen LogP contribution >= 0.6 is 0 Å². The number of ether oxygens (including phenoxy) is 1. The van der Waals surface area contributed by atoms with Gasteiger partial charge in [-0.3, -0.25) is 4.79 Å². The number of aryl methyl sites for hydroxylation is 2. The standard InChI is InChI=1S/C17H17NO4/c1-11-4-3-5-14(8-11)22-10-16(19)18-15-7-6-13(17(20)21)9-12(15)2/h3-9H,10H2,1-2H3,(H,18,19)(H,20,21). The lowest BCUT2D eigenvalue weighted by Crippen LogP contribution is -2.20. The minimum absolute atomic E-state index is 0.108. The van der Waals surface area contributed by atoms with Crippen molar-refractivity contribution < 1.29 is 19.4 Å². The summed E-state index contributed by atoms with van der Waals surface area (Å²) in [7, 11) is 0. The molecule has 0 spiro atoms. The molecule has 0 aliphatic carbocycles. The van der Waals surface area contributed by atoms with Gasteiger partial charge in [-0.1, -0.05) is 12.1 Å². The zero-order valence-electron chi connectivity index (χ0n) is 12.4. The summed E-state index contributed by atoms with van der Waals surface area (Å²) in [6, 6.07) is 12.0. The van der Waals surface area contributed by atoms with Crippen molar-refractivity contribution in [3.8, 4) is 5.75 Å². The fourth-order valence-electron chi connectivity index (χ4n) is 1.98. The Bertz CT molecular complexity index is 710. The summed E-state index contributed by atoms with van der Waals surface area (Å²) in [5.41, 5.74) is 2.50. The smallest absolute Gasteiger partial charge is 0.335 e. The van der Waals surface area contributed by atoms with E-state index in [1.807, 2.05) is 25.1 Å². The molecule has 0 aromatic heterocycles. The first-order valence-corrected chi connectivity index (χ1v) is 6.79. The third-order valence-electron chi connectivity index (χ3n) is 3.11. The minimum atomic E-state index is -0.997. The van der Waals surface area contributed by atoms with Crippen LogP contribution in [0.4, 0.5) is 5.69 Å². The molecule has 0 radical (unpaired) electrons. The number of carbonyl (C=O) groups is 2. The third-order valence-corrected chi connectivity index (χ3v) is 3.11. The Kier molecular flexibility index (Phi) is 4.78. The molecule has 0 unspecified atom stereocenters. The second-order valence-corrected chi connectivity index (χ2v) is 4.99. The van der Waals surface area contributed by atoms with Crippen LogP contribution in [0.5, 0.6) is 5.75 Å². The molecule has 0 saturated carbocycles. The SMILES string of the molecule is Cc1cccc(OCC(=O)Nc2ccc(C(=O)O)cc2C)c1. The Balaban J connectivity index is 1.96. The van der Waals surface area contributed by atoms with Crippen molar-refractivity contribution in [2.75, 3.05) is 11.9 Å². The molecule has 114 valence electrons. The van der Waals surface area contributed by atoms with Gasteiger partial charge in [-0.2, -0.15) is 0 Å². The number of benzene rings is 2. The van der Waals surface area contributed by atoms with Crippen LogP contribution in [0.1, 0.15) is 21.5 Å². The summed E-state index contributed by atoms with van der Waals surface area (Å²) in [6.07, 6.45) is 0. The van der Waals surface area contributed by atoms with Crippen LogP contribution in [0.2, 0.25) is 0 Å². The fraction of sp³-hybridized carbons (Fsp3) is 0.176. The number of amides is 1. The van der Waals surface area contributed by atoms with Crippen LogP contribution in [0.3, 0.4) is 0 Å². The Morgan fingerprint density at radius 3 is 2.55 bits per heavy atom. The lowest BCUT2D eigenvalue weighted by atomic mass is 10.1. The van der Waals surface area contributed by atoms with E-state index in [-0.39, 0.29) is 18.1 Å². The molecular weight excluding hydrogens is 282 g/mol. The van der Waals surface area contributed by atoms with E-state index in [4.69, 9.17) is 9.84 Å². The Morgan fingerprint density at radius 2 is 1.91 bits per heavy atom. The molecule has 0 aliphatic heterocycles. The van der Waals surface area contributed by atoms with E-state index in [1.165, 1.54) is 12.1 Å². The van der Waals surface area contributed by atoms with Crippen LogP contribution in [0, 0.1) is 13.8 Å². The molecule has 0 aliphatic rings. The first-order valence-electron chi connectivity index (χ1n) is 6.79. The second-order valence-electron chi connectivity index (χ2n) is 4.99. The van der Waals surface area contributed by atoms with E-state index in [1.54, 1.807) is 19.1 Å². The molecule has 5 heteroatoms. The maximum absolute atomic E-state index is 11.9. The monoisotopic (exact) mass is 299 g/mol. The summed E-state index contributed by atoms with van der Waals surface area (Å²) in [4.78, 5) is 22.8. The quantitative estimate of drug-likeness (QED) is 0.890. The zero-order valence-corrected chi connectivity index (χ0v) is 12.4. The van der Waals surface area contributed by atoms with Gasteiger partial charge >= 0.3 is 5.97 Å². The highest BCUT2D eigenvalue weighted by molar-refractivity contribution is 5.94. The van der Waals surface area contributed by atoms with Gasteiger partial charge < -0.3 is 15.2 Å². The number of aromatic carboxylic acids is 1. The van der Waals surface area contributed by atoms with Crippen LogP contribution < -0.4 is 10.1 Å². The van der Waals surface area contributed by atoms with Gasteiger partial charge in [0.1, 0.15) is 5.75 Å². The van der Waals surface area contributed by atoms with Crippen molar-refractivity contribution in [3.63, 3.8) is 0 Å². The maximum atomic E-state index is 11.9. The molecule has 2 rings (SSSR count). The Labute approximate surface area is 128 Å². The van der Waals surface area contributed by atoms with E-state index in [9.17, 15) is 9.59 Å². The van der Waals surface area contributed by atoms with Gasteiger partial charge in [-0.25, -0.2) is 4.79 Å². The molecule has 22 heavy (non-hydrogen) atoms. The predicted octanol–water partition coefficient (Wildman–Crippen LogP) is 3.02. The van der Waals surface area contributed by atoms with Crippen LogP contribution in [-0.4, -0.2) is 23.6 Å². The molecule has 0 saturated heterocycles. The van der Waals surface area contributed by atoms with Crippen molar-refractivity contribution in [3.05, 3.63) is 59.2 Å². The van der Waals surface area contributed by atoms with Crippen molar-refractivity contribution in [2.45, 2.75) is 13.8 Å². The number of anilines is 1. The number of hydrogen-bond acceptors (Lipinski definition) is 3. The van der Waals surface area contributed by atoms with Gasteiger partial charge in [-0.05, 0) is 55.3 Å². The summed E-state index contributed by atoms with van der Waals surface area (Å²) in [6.45, 7) is 3.58. The van der Waals surface area contributed by atoms with Crippen molar-refractivity contribution >= 4 is 17.6 Å². The Morgan fingerprint density at radius 1 is 1.14 bits per heavy atom. The molecule has 2 aromatic rings. The molecule has 2 N–H and O–H groups in total. The number of hydrogen-bond donors (Lipinski definition) is 2. The van der Waals surface area contributed by atoms with Gasteiger partial charge in [0.25, 0.3) is 5.91 Å². The first-order chi connectivity index (χ1) is 10.5. The average molecular weight is 299 g/mol. The first kappa shape index (κ1) is 15.6. The van der Waals surface area contributed by atoms with E-state index in [0.29, 0.717) is 17.0 Å². The second kappa shape index (κ2) is 6.76. The number of rotatable bonds is 5. The number of nitrogens with one attached hydrogen (secondary N) is 1. The molecule has 5 nitrogen and oxygen atoms in total. The summed E-state index contributed by atoms with van der Waals surface area (Å²) >= 11 is 0. The largest absolute Gasteiger partial charge is 0.484 e. The number of carbonyl (C=O) groups excluding carboxylic acids is 1. The molecule has 0 fully saturated rings. The normalized spacial score (nSPS) is 10.1. The summed E-state index contributed by atoms with van der Waals surface area (Å²) in [5, 5.41) is 11.6. The highest BCUT2D eigenvalue weighted by atomic mass is 16.5. The molecule has 0 bridgehead atoms. The summed E-state index contributed by atoms with van der Waals surface area (Å²) in [5.74, 6) is -0.662. The highest BCUT2D eigenvalue weighted by Crippen LogP contribution is 2.17. The molecule has 0 atom stereocenters. The highest BCUT2D eigenvalue weighted by Gasteiger charge is 2.09. The number of carboxylic acid groups (broad SMARTS) is 1. The van der Waals surface area contributed by atoms with Crippen molar-refractivity contribution in [2.24, 2.45) is 0 Å². The Hall–Kier alpha value is -2.82. The van der Waals surface area contributed by atoms with E-state index in [0.717, 1.165) is 5.56 Å². The van der Waals surface area contributed by atoms with Gasteiger partial charge in [0.15, 0.2) is 6.61 Å².